The first-order valence-corrected chi connectivity index (χ1v) is 10.2. The molecule has 0 unspecified atom stereocenters. The van der Waals surface area contributed by atoms with Crippen LogP contribution in [0.15, 0.2) is 42.0 Å². The number of carboxylic acid groups (broad SMARTS) is 1. The average Bonchev–Trinajstić information content (AvgIpc) is 2.73. The van der Waals surface area contributed by atoms with Crippen LogP contribution in [0.3, 0.4) is 0 Å². The predicted molar refractivity (Wildman–Crippen MR) is 117 cm³/mol. The first-order chi connectivity index (χ1) is 14.8. The molecule has 0 fully saturated rings. The van der Waals surface area contributed by atoms with E-state index in [1.807, 2.05) is 13.8 Å². The highest BCUT2D eigenvalue weighted by Crippen LogP contribution is 2.31. The van der Waals surface area contributed by atoms with E-state index >= 15 is 0 Å². The van der Waals surface area contributed by atoms with Gasteiger partial charge in [-0.05, 0) is 56.7 Å². The highest BCUT2D eigenvalue weighted by molar-refractivity contribution is 6.31. The summed E-state index contributed by atoms with van der Waals surface area (Å²) in [5, 5.41) is 9.17. The second-order valence-corrected chi connectivity index (χ2v) is 7.09. The molecule has 6 nitrogen and oxygen atoms in total. The number of carboxylic acids is 1. The van der Waals surface area contributed by atoms with Crippen LogP contribution in [-0.4, -0.2) is 41.6 Å². The number of ether oxygens (including phenoxy) is 2. The van der Waals surface area contributed by atoms with Crippen molar-refractivity contribution in [3.8, 4) is 11.5 Å². The highest BCUT2D eigenvalue weighted by Gasteiger charge is 2.14. The summed E-state index contributed by atoms with van der Waals surface area (Å²) < 4.78 is 25.0. The van der Waals surface area contributed by atoms with Gasteiger partial charge in [-0.25, -0.2) is 9.18 Å². The molecule has 8 heteroatoms. The van der Waals surface area contributed by atoms with Crippen molar-refractivity contribution in [3.05, 3.63) is 63.9 Å². The van der Waals surface area contributed by atoms with Gasteiger partial charge in [0.1, 0.15) is 12.4 Å². The van der Waals surface area contributed by atoms with Crippen LogP contribution in [0.5, 0.6) is 11.5 Å². The van der Waals surface area contributed by atoms with Gasteiger partial charge in [0.15, 0.2) is 18.1 Å². The van der Waals surface area contributed by atoms with E-state index in [0.717, 1.165) is 0 Å². The van der Waals surface area contributed by atoms with Crippen molar-refractivity contribution in [3.63, 3.8) is 0 Å². The summed E-state index contributed by atoms with van der Waals surface area (Å²) in [5.41, 5.74) is 1.34. The lowest BCUT2D eigenvalue weighted by atomic mass is 10.1. The fourth-order valence-corrected chi connectivity index (χ4v) is 3.10. The SMILES string of the molecule is CCN(CC)C(=O)/C(C)=C\c1ccc(OCc2c(F)cccc2Cl)c(OCC(=O)O)c1. The number of hydrogen-bond acceptors (Lipinski definition) is 4. The molecule has 1 amide bonds. The number of hydrogen-bond donors (Lipinski definition) is 1. The lowest BCUT2D eigenvalue weighted by Crippen LogP contribution is -2.30. The van der Waals surface area contributed by atoms with Crippen molar-refractivity contribution in [2.24, 2.45) is 0 Å². The number of amides is 1. The summed E-state index contributed by atoms with van der Waals surface area (Å²) in [6, 6.07) is 9.16. The van der Waals surface area contributed by atoms with E-state index in [1.165, 1.54) is 12.1 Å². The maximum Gasteiger partial charge on any atom is 0.341 e. The minimum absolute atomic E-state index is 0.0903. The van der Waals surface area contributed by atoms with Gasteiger partial charge in [0, 0.05) is 24.2 Å². The first kappa shape index (κ1) is 24.2. The Morgan fingerprint density at radius 3 is 2.45 bits per heavy atom. The number of aliphatic carboxylic acids is 1. The lowest BCUT2D eigenvalue weighted by molar-refractivity contribution is -0.139. The Bertz CT molecular complexity index is 952. The summed E-state index contributed by atoms with van der Waals surface area (Å²) in [7, 11) is 0. The van der Waals surface area contributed by atoms with Gasteiger partial charge in [-0.1, -0.05) is 23.7 Å². The normalized spacial score (nSPS) is 11.2. The molecule has 0 radical (unpaired) electrons. The molecule has 2 rings (SSSR count). The molecule has 2 aromatic rings. The second-order valence-electron chi connectivity index (χ2n) is 6.68. The number of carbonyl (C=O) groups excluding carboxylic acids is 1. The summed E-state index contributed by atoms with van der Waals surface area (Å²) >= 11 is 6.03. The number of nitrogens with zero attached hydrogens (tertiary/aromatic N) is 1. The van der Waals surface area contributed by atoms with Crippen LogP contribution in [-0.2, 0) is 16.2 Å². The van der Waals surface area contributed by atoms with Crippen molar-refractivity contribution in [1.29, 1.82) is 0 Å². The molecule has 0 aliphatic carbocycles. The molecule has 0 spiro atoms. The fourth-order valence-electron chi connectivity index (χ4n) is 2.88. The molecular formula is C23H25ClFNO5. The van der Waals surface area contributed by atoms with Crippen LogP contribution in [0, 0.1) is 5.82 Å². The lowest BCUT2D eigenvalue weighted by Gasteiger charge is -2.19. The van der Waals surface area contributed by atoms with E-state index in [0.29, 0.717) is 24.2 Å². The highest BCUT2D eigenvalue weighted by atomic mass is 35.5. The Hall–Kier alpha value is -3.06. The van der Waals surface area contributed by atoms with Crippen molar-refractivity contribution in [2.75, 3.05) is 19.7 Å². The molecule has 31 heavy (non-hydrogen) atoms. The van der Waals surface area contributed by atoms with Gasteiger partial charge in [-0.3, -0.25) is 4.79 Å². The maximum atomic E-state index is 14.0. The molecule has 0 saturated carbocycles. The topological polar surface area (TPSA) is 76.1 Å². The molecule has 0 saturated heterocycles. The first-order valence-electron chi connectivity index (χ1n) is 9.78. The molecule has 0 atom stereocenters. The van der Waals surface area contributed by atoms with Gasteiger partial charge in [-0.15, -0.1) is 0 Å². The third-order valence-electron chi connectivity index (χ3n) is 4.52. The number of benzene rings is 2. The largest absolute Gasteiger partial charge is 0.485 e. The standard InChI is InChI=1S/C23H25ClFNO5/c1-4-26(5-2)23(29)15(3)11-16-9-10-20(21(12-16)31-14-22(27)28)30-13-17-18(24)7-6-8-19(17)25/h6-12H,4-5,13-14H2,1-3H3,(H,27,28)/b15-11-. The van der Waals surface area contributed by atoms with E-state index in [-0.39, 0.29) is 34.6 Å². The minimum atomic E-state index is -1.16. The van der Waals surface area contributed by atoms with Crippen molar-refractivity contribution >= 4 is 29.6 Å². The summed E-state index contributed by atoms with van der Waals surface area (Å²) in [4.78, 5) is 25.1. The van der Waals surface area contributed by atoms with Crippen LogP contribution < -0.4 is 9.47 Å². The molecule has 0 aromatic heterocycles. The number of likely N-dealkylation sites (N-methyl/N-ethyl adjacent to an activating group) is 1. The van der Waals surface area contributed by atoms with Crippen LogP contribution in [0.4, 0.5) is 4.39 Å². The van der Waals surface area contributed by atoms with Crippen LogP contribution >= 0.6 is 11.6 Å². The zero-order valence-electron chi connectivity index (χ0n) is 17.7. The minimum Gasteiger partial charge on any atom is -0.485 e. The van der Waals surface area contributed by atoms with E-state index in [9.17, 15) is 14.0 Å². The Balaban J connectivity index is 2.29. The number of rotatable bonds is 10. The molecule has 0 aliphatic heterocycles. The summed E-state index contributed by atoms with van der Waals surface area (Å²) in [5.74, 6) is -1.37. The third-order valence-corrected chi connectivity index (χ3v) is 4.88. The maximum absolute atomic E-state index is 14.0. The van der Waals surface area contributed by atoms with E-state index in [1.54, 1.807) is 42.2 Å². The summed E-state index contributed by atoms with van der Waals surface area (Å²) in [6.07, 6.45) is 1.69. The van der Waals surface area contributed by atoms with Crippen LogP contribution in [0.1, 0.15) is 31.9 Å². The zero-order chi connectivity index (χ0) is 23.0. The van der Waals surface area contributed by atoms with Crippen LogP contribution in [0.2, 0.25) is 5.02 Å². The smallest absolute Gasteiger partial charge is 0.341 e. The Labute approximate surface area is 185 Å². The second kappa shape index (κ2) is 11.4. The fraction of sp³-hybridized carbons (Fsp3) is 0.304. The Morgan fingerprint density at radius 2 is 1.84 bits per heavy atom. The molecular weight excluding hydrogens is 425 g/mol. The predicted octanol–water partition coefficient (Wildman–Crippen LogP) is 4.79. The van der Waals surface area contributed by atoms with Gasteiger partial charge >= 0.3 is 5.97 Å². The van der Waals surface area contributed by atoms with Gasteiger partial charge in [0.05, 0.1) is 5.02 Å². The average molecular weight is 450 g/mol. The molecule has 0 aliphatic rings. The summed E-state index contributed by atoms with van der Waals surface area (Å²) in [6.45, 7) is 5.96. The molecule has 1 N–H and O–H groups in total. The van der Waals surface area contributed by atoms with Crippen molar-refractivity contribution in [2.45, 2.75) is 27.4 Å². The van der Waals surface area contributed by atoms with Gasteiger partial charge in [0.2, 0.25) is 5.91 Å². The van der Waals surface area contributed by atoms with Crippen molar-refractivity contribution in [1.82, 2.24) is 4.90 Å². The number of carbonyl (C=O) groups is 2. The third kappa shape index (κ3) is 6.72. The Kier molecular flexibility index (Phi) is 8.88. The molecule has 166 valence electrons. The molecule has 0 heterocycles. The van der Waals surface area contributed by atoms with Gasteiger partial charge in [-0.2, -0.15) is 0 Å². The number of halogens is 2. The molecule has 0 bridgehead atoms. The van der Waals surface area contributed by atoms with E-state index < -0.39 is 18.4 Å². The van der Waals surface area contributed by atoms with Crippen LogP contribution in [0.25, 0.3) is 6.08 Å². The van der Waals surface area contributed by atoms with Gasteiger partial charge < -0.3 is 19.5 Å². The van der Waals surface area contributed by atoms with Gasteiger partial charge in [0.25, 0.3) is 0 Å². The van der Waals surface area contributed by atoms with E-state index in [4.69, 9.17) is 26.2 Å². The zero-order valence-corrected chi connectivity index (χ0v) is 18.4. The molecule has 2 aromatic carbocycles. The van der Waals surface area contributed by atoms with Crippen molar-refractivity contribution < 1.29 is 28.6 Å². The Morgan fingerprint density at radius 1 is 1.13 bits per heavy atom. The monoisotopic (exact) mass is 449 g/mol. The van der Waals surface area contributed by atoms with E-state index in [2.05, 4.69) is 0 Å². The quantitative estimate of drug-likeness (QED) is 0.527.